The Balaban J connectivity index is 1.93. The largest absolute Gasteiger partial charge is 0.491 e. The smallest absolute Gasteiger partial charge is 0.178 e. The standard InChI is InChI=1S/C11H17NO3/c12-10-14-7-6-13-8-9-15-11-4-2-1-3-5-11/h1-5H,6-10,12H2/p+1. The van der Waals surface area contributed by atoms with Gasteiger partial charge in [-0.25, -0.2) is 0 Å². The van der Waals surface area contributed by atoms with E-state index in [1.807, 2.05) is 30.3 Å². The van der Waals surface area contributed by atoms with Crippen LogP contribution in [0.25, 0.3) is 0 Å². The maximum Gasteiger partial charge on any atom is 0.178 e. The highest BCUT2D eigenvalue weighted by Crippen LogP contribution is 2.07. The van der Waals surface area contributed by atoms with Gasteiger partial charge >= 0.3 is 0 Å². The van der Waals surface area contributed by atoms with Crippen LogP contribution < -0.4 is 10.5 Å². The average molecular weight is 212 g/mol. The highest BCUT2D eigenvalue weighted by Gasteiger charge is 1.92. The van der Waals surface area contributed by atoms with E-state index in [4.69, 9.17) is 14.2 Å². The molecule has 0 heterocycles. The Morgan fingerprint density at radius 2 is 1.53 bits per heavy atom. The molecule has 0 unspecified atom stereocenters. The predicted molar refractivity (Wildman–Crippen MR) is 56.5 cm³/mol. The zero-order valence-corrected chi connectivity index (χ0v) is 8.85. The summed E-state index contributed by atoms with van der Waals surface area (Å²) in [5, 5.41) is 0. The summed E-state index contributed by atoms with van der Waals surface area (Å²) in [5.41, 5.74) is 3.56. The van der Waals surface area contributed by atoms with Gasteiger partial charge in [0, 0.05) is 0 Å². The molecule has 4 heteroatoms. The van der Waals surface area contributed by atoms with Gasteiger partial charge < -0.3 is 19.9 Å². The minimum absolute atomic E-state index is 0.490. The van der Waals surface area contributed by atoms with Crippen LogP contribution in [-0.4, -0.2) is 33.2 Å². The molecular formula is C11H18NO3+. The van der Waals surface area contributed by atoms with Gasteiger partial charge in [0.25, 0.3) is 0 Å². The van der Waals surface area contributed by atoms with Crippen molar-refractivity contribution in [3.8, 4) is 5.75 Å². The highest BCUT2D eigenvalue weighted by atomic mass is 16.5. The normalized spacial score (nSPS) is 10.2. The molecule has 0 fully saturated rings. The van der Waals surface area contributed by atoms with Crippen molar-refractivity contribution in [1.82, 2.24) is 0 Å². The van der Waals surface area contributed by atoms with Gasteiger partial charge in [0.15, 0.2) is 6.73 Å². The van der Waals surface area contributed by atoms with Crippen LogP contribution in [0, 0.1) is 0 Å². The molecular weight excluding hydrogens is 194 g/mol. The summed E-state index contributed by atoms with van der Waals surface area (Å²) in [6.45, 7) is 2.82. The first-order valence-corrected chi connectivity index (χ1v) is 5.06. The fraction of sp³-hybridized carbons (Fsp3) is 0.455. The maximum absolute atomic E-state index is 5.43. The van der Waals surface area contributed by atoms with Crippen molar-refractivity contribution in [3.63, 3.8) is 0 Å². The lowest BCUT2D eigenvalue weighted by molar-refractivity contribution is -0.431. The Bertz CT molecular complexity index is 241. The Kier molecular flexibility index (Phi) is 6.57. The molecule has 0 aliphatic rings. The second-order valence-corrected chi connectivity index (χ2v) is 2.89. The van der Waals surface area contributed by atoms with E-state index < -0.39 is 0 Å². The lowest BCUT2D eigenvalue weighted by Gasteiger charge is -2.06. The quantitative estimate of drug-likeness (QED) is 0.498. The third kappa shape index (κ3) is 6.06. The summed E-state index contributed by atoms with van der Waals surface area (Å²) in [4.78, 5) is 0. The monoisotopic (exact) mass is 212 g/mol. The third-order valence-corrected chi connectivity index (χ3v) is 1.76. The molecule has 0 aliphatic carbocycles. The summed E-state index contributed by atoms with van der Waals surface area (Å²) in [7, 11) is 0. The van der Waals surface area contributed by atoms with Gasteiger partial charge in [-0.05, 0) is 12.1 Å². The first-order valence-electron chi connectivity index (χ1n) is 5.06. The summed E-state index contributed by atoms with van der Waals surface area (Å²) in [6, 6.07) is 9.69. The summed E-state index contributed by atoms with van der Waals surface area (Å²) >= 11 is 0. The topological polar surface area (TPSA) is 55.3 Å². The van der Waals surface area contributed by atoms with E-state index in [0.29, 0.717) is 33.2 Å². The van der Waals surface area contributed by atoms with Gasteiger partial charge in [-0.15, -0.1) is 0 Å². The first kappa shape index (κ1) is 12.0. The van der Waals surface area contributed by atoms with E-state index >= 15 is 0 Å². The molecule has 15 heavy (non-hydrogen) atoms. The number of rotatable bonds is 8. The van der Waals surface area contributed by atoms with E-state index in [9.17, 15) is 0 Å². The van der Waals surface area contributed by atoms with Crippen LogP contribution in [0.15, 0.2) is 30.3 Å². The highest BCUT2D eigenvalue weighted by molar-refractivity contribution is 5.20. The molecule has 0 radical (unpaired) electrons. The van der Waals surface area contributed by atoms with Crippen LogP contribution in [0.4, 0.5) is 0 Å². The molecule has 0 saturated heterocycles. The van der Waals surface area contributed by atoms with Crippen LogP contribution in [0.2, 0.25) is 0 Å². The molecule has 3 N–H and O–H groups in total. The Labute approximate surface area is 89.9 Å². The van der Waals surface area contributed by atoms with E-state index in [0.717, 1.165) is 5.75 Å². The van der Waals surface area contributed by atoms with Crippen molar-refractivity contribution in [1.29, 1.82) is 0 Å². The number of ether oxygens (including phenoxy) is 3. The van der Waals surface area contributed by atoms with Crippen LogP contribution in [0.5, 0.6) is 5.75 Å². The van der Waals surface area contributed by atoms with E-state index in [1.165, 1.54) is 0 Å². The number of benzene rings is 1. The lowest BCUT2D eigenvalue weighted by atomic mass is 10.3. The lowest BCUT2D eigenvalue weighted by Crippen LogP contribution is -2.51. The Morgan fingerprint density at radius 1 is 0.867 bits per heavy atom. The van der Waals surface area contributed by atoms with Crippen molar-refractivity contribution < 1.29 is 19.9 Å². The third-order valence-electron chi connectivity index (χ3n) is 1.76. The van der Waals surface area contributed by atoms with Gasteiger partial charge in [0.1, 0.15) is 12.4 Å². The molecule has 0 amide bonds. The maximum atomic E-state index is 5.43. The van der Waals surface area contributed by atoms with Crippen LogP contribution in [-0.2, 0) is 9.47 Å². The molecule has 0 aliphatic heterocycles. The van der Waals surface area contributed by atoms with Gasteiger partial charge in [-0.2, -0.15) is 0 Å². The van der Waals surface area contributed by atoms with Crippen molar-refractivity contribution in [3.05, 3.63) is 30.3 Å². The molecule has 0 atom stereocenters. The first-order chi connectivity index (χ1) is 7.43. The van der Waals surface area contributed by atoms with E-state index in [1.54, 1.807) is 0 Å². The van der Waals surface area contributed by atoms with Crippen molar-refractivity contribution in [2.24, 2.45) is 0 Å². The van der Waals surface area contributed by atoms with Gasteiger partial charge in [-0.1, -0.05) is 18.2 Å². The summed E-state index contributed by atoms with van der Waals surface area (Å²) in [5.74, 6) is 0.870. The fourth-order valence-corrected chi connectivity index (χ4v) is 1.06. The zero-order chi connectivity index (χ0) is 10.8. The zero-order valence-electron chi connectivity index (χ0n) is 8.85. The van der Waals surface area contributed by atoms with Crippen molar-refractivity contribution in [2.45, 2.75) is 0 Å². The Hall–Kier alpha value is -1.10. The molecule has 0 spiro atoms. The second-order valence-electron chi connectivity index (χ2n) is 2.89. The second kappa shape index (κ2) is 8.23. The Morgan fingerprint density at radius 3 is 2.27 bits per heavy atom. The van der Waals surface area contributed by atoms with Crippen molar-refractivity contribution >= 4 is 0 Å². The molecule has 0 bridgehead atoms. The molecule has 1 rings (SSSR count). The number of quaternary nitrogens is 1. The number of hydrogen-bond donors (Lipinski definition) is 1. The minimum atomic E-state index is 0.490. The molecule has 0 aromatic heterocycles. The minimum Gasteiger partial charge on any atom is -0.491 e. The van der Waals surface area contributed by atoms with Gasteiger partial charge in [-0.3, -0.25) is 0 Å². The van der Waals surface area contributed by atoms with E-state index in [-0.39, 0.29) is 0 Å². The number of hydrogen-bond acceptors (Lipinski definition) is 3. The van der Waals surface area contributed by atoms with Crippen LogP contribution in [0.3, 0.4) is 0 Å². The SMILES string of the molecule is [NH3+]COCCOCCOc1ccccc1. The van der Waals surface area contributed by atoms with Gasteiger partial charge in [0.2, 0.25) is 0 Å². The predicted octanol–water partition coefficient (Wildman–Crippen LogP) is 0.298. The van der Waals surface area contributed by atoms with Crippen molar-refractivity contribution in [2.75, 3.05) is 33.2 Å². The summed E-state index contributed by atoms with van der Waals surface area (Å²) < 4.78 is 15.7. The van der Waals surface area contributed by atoms with Crippen LogP contribution in [0.1, 0.15) is 0 Å². The molecule has 1 aromatic rings. The summed E-state index contributed by atoms with van der Waals surface area (Å²) in [6.07, 6.45) is 0. The molecule has 4 nitrogen and oxygen atoms in total. The van der Waals surface area contributed by atoms with Crippen LogP contribution >= 0.6 is 0 Å². The molecule has 1 aromatic carbocycles. The number of para-hydroxylation sites is 1. The fourth-order valence-electron chi connectivity index (χ4n) is 1.06. The molecule has 0 saturated carbocycles. The van der Waals surface area contributed by atoms with E-state index in [2.05, 4.69) is 5.73 Å². The van der Waals surface area contributed by atoms with Gasteiger partial charge in [0.05, 0.1) is 19.8 Å². The average Bonchev–Trinajstić information content (AvgIpc) is 2.29. The molecule has 84 valence electrons.